The molecule has 0 N–H and O–H groups in total. The molecular weight excluding hydrogens is 315 g/mol. The summed E-state index contributed by atoms with van der Waals surface area (Å²) in [6, 6.07) is 2.68. The Morgan fingerprint density at radius 3 is 2.43 bits per heavy atom. The second-order valence-corrected chi connectivity index (χ2v) is 7.58. The van der Waals surface area contributed by atoms with Crippen molar-refractivity contribution < 1.29 is 18.5 Å². The van der Waals surface area contributed by atoms with E-state index in [-0.39, 0.29) is 30.4 Å². The van der Waals surface area contributed by atoms with Crippen molar-refractivity contribution in [2.24, 2.45) is 0 Å². The zero-order valence-electron chi connectivity index (χ0n) is 15.2. The third-order valence-electron chi connectivity index (χ3n) is 3.79. The Morgan fingerprint density at radius 2 is 1.96 bits per heavy atom. The van der Waals surface area contributed by atoms with Gasteiger partial charge in [0.25, 0.3) is 8.53 Å². The fourth-order valence-corrected chi connectivity index (χ4v) is 4.52. The van der Waals surface area contributed by atoms with Crippen LogP contribution in [0.15, 0.2) is 0 Å². The first-order valence-corrected chi connectivity index (χ1v) is 9.48. The summed E-state index contributed by atoms with van der Waals surface area (Å²) in [5, 5.41) is 8.76. The Hall–Kier alpha value is -0.280. The summed E-state index contributed by atoms with van der Waals surface area (Å²) in [5.41, 5.74) is 0. The lowest BCUT2D eigenvalue weighted by Gasteiger charge is -2.38. The van der Waals surface area contributed by atoms with Crippen LogP contribution in [0.1, 0.15) is 47.5 Å². The number of nitrogens with zero attached hydrogens (tertiary/aromatic N) is 2. The number of hydrogen-bond donors (Lipinski definition) is 0. The lowest BCUT2D eigenvalue weighted by Crippen LogP contribution is -2.38. The highest BCUT2D eigenvalue weighted by molar-refractivity contribution is 7.44. The highest BCUT2D eigenvalue weighted by Gasteiger charge is 2.41. The highest BCUT2D eigenvalue weighted by atomic mass is 31.2. The van der Waals surface area contributed by atoms with Crippen molar-refractivity contribution in [3.63, 3.8) is 0 Å². The molecule has 6 nitrogen and oxygen atoms in total. The molecule has 0 aliphatic carbocycles. The minimum Gasteiger partial charge on any atom is -0.376 e. The van der Waals surface area contributed by atoms with Crippen molar-refractivity contribution in [3.8, 4) is 6.07 Å². The van der Waals surface area contributed by atoms with Gasteiger partial charge in [-0.15, -0.1) is 0 Å². The van der Waals surface area contributed by atoms with Gasteiger partial charge in [-0.2, -0.15) is 5.26 Å². The smallest absolute Gasteiger partial charge is 0.259 e. The molecule has 0 aromatic heterocycles. The van der Waals surface area contributed by atoms with Gasteiger partial charge in [0.2, 0.25) is 0 Å². The number of ether oxygens (including phenoxy) is 2. The van der Waals surface area contributed by atoms with Crippen molar-refractivity contribution in [1.82, 2.24) is 4.67 Å². The number of hydrogen-bond acceptors (Lipinski definition) is 6. The van der Waals surface area contributed by atoms with E-state index < -0.39 is 8.53 Å². The van der Waals surface area contributed by atoms with E-state index in [2.05, 4.69) is 45.4 Å². The molecule has 4 atom stereocenters. The molecule has 0 aromatic rings. The Bertz CT molecular complexity index is 356. The Labute approximate surface area is 142 Å². The molecule has 23 heavy (non-hydrogen) atoms. The van der Waals surface area contributed by atoms with Gasteiger partial charge in [-0.25, -0.2) is 4.67 Å². The topological polar surface area (TPSA) is 64.0 Å². The first-order valence-electron chi connectivity index (χ1n) is 8.35. The van der Waals surface area contributed by atoms with Gasteiger partial charge in [0.1, 0.15) is 12.2 Å². The molecule has 134 valence electrons. The van der Waals surface area contributed by atoms with Crippen LogP contribution in [-0.4, -0.2) is 55.4 Å². The van der Waals surface area contributed by atoms with Crippen molar-refractivity contribution in [3.05, 3.63) is 0 Å². The monoisotopic (exact) mass is 346 g/mol. The molecule has 1 unspecified atom stereocenters. The lowest BCUT2D eigenvalue weighted by atomic mass is 10.1. The summed E-state index contributed by atoms with van der Waals surface area (Å²) < 4.78 is 25.8. The van der Waals surface area contributed by atoms with Crippen LogP contribution in [0.4, 0.5) is 0 Å². The van der Waals surface area contributed by atoms with Crippen LogP contribution in [0, 0.1) is 11.3 Å². The van der Waals surface area contributed by atoms with Crippen LogP contribution in [0.5, 0.6) is 0 Å². The summed E-state index contributed by atoms with van der Waals surface area (Å²) in [7, 11) is 0.416. The van der Waals surface area contributed by atoms with Gasteiger partial charge in [0, 0.05) is 19.2 Å². The average Bonchev–Trinajstić information content (AvgIpc) is 2.88. The van der Waals surface area contributed by atoms with Gasteiger partial charge in [0.05, 0.1) is 31.8 Å². The predicted molar refractivity (Wildman–Crippen MR) is 90.9 cm³/mol. The van der Waals surface area contributed by atoms with Gasteiger partial charge >= 0.3 is 0 Å². The molecule has 1 heterocycles. The highest BCUT2D eigenvalue weighted by Crippen LogP contribution is 2.49. The van der Waals surface area contributed by atoms with E-state index in [1.165, 1.54) is 0 Å². The number of rotatable bonds is 10. The van der Waals surface area contributed by atoms with Crippen LogP contribution in [-0.2, 0) is 18.5 Å². The Morgan fingerprint density at radius 1 is 1.30 bits per heavy atom. The predicted octanol–water partition coefficient (Wildman–Crippen LogP) is 3.47. The molecule has 0 spiro atoms. The zero-order chi connectivity index (χ0) is 17.4. The fourth-order valence-electron chi connectivity index (χ4n) is 2.73. The van der Waals surface area contributed by atoms with Crippen molar-refractivity contribution in [1.29, 1.82) is 5.26 Å². The molecule has 0 amide bonds. The molecule has 1 fully saturated rings. The fraction of sp³-hybridized carbons (Fsp3) is 0.938. The summed E-state index contributed by atoms with van der Waals surface area (Å²) in [4.78, 5) is 0. The standard InChI is InChI=1S/C16H31N2O4P/c1-7-14-16(15(19-6)11-20-14)22-23(21-10-8-9-17)18(12(2)3)13(4)5/h12-16H,7-8,10-11H2,1-6H3/t14-,15+,16-,23?/m1/s1. The van der Waals surface area contributed by atoms with E-state index in [1.807, 2.05) is 0 Å². The van der Waals surface area contributed by atoms with E-state index in [4.69, 9.17) is 23.8 Å². The molecule has 0 radical (unpaired) electrons. The second kappa shape index (κ2) is 10.6. The van der Waals surface area contributed by atoms with E-state index in [0.717, 1.165) is 6.42 Å². The van der Waals surface area contributed by atoms with E-state index >= 15 is 0 Å². The molecular formula is C16H31N2O4P. The summed E-state index contributed by atoms with van der Waals surface area (Å²) >= 11 is 0. The van der Waals surface area contributed by atoms with Crippen LogP contribution >= 0.6 is 8.53 Å². The van der Waals surface area contributed by atoms with Gasteiger partial charge < -0.3 is 18.5 Å². The minimum atomic E-state index is -1.27. The van der Waals surface area contributed by atoms with Gasteiger partial charge in [0.15, 0.2) is 0 Å². The maximum atomic E-state index is 8.76. The maximum absolute atomic E-state index is 8.76. The van der Waals surface area contributed by atoms with Gasteiger partial charge in [-0.05, 0) is 34.1 Å². The quantitative estimate of drug-likeness (QED) is 0.446. The third kappa shape index (κ3) is 5.94. The SMILES string of the molecule is CC[C@H]1OC[C@H](OC)[C@@H]1OP(OCCC#N)N(C(C)C)C(C)C. The second-order valence-electron chi connectivity index (χ2n) is 6.17. The van der Waals surface area contributed by atoms with E-state index in [0.29, 0.717) is 19.6 Å². The first-order chi connectivity index (χ1) is 11.0. The normalized spacial score (nSPS) is 26.2. The number of nitriles is 1. The minimum absolute atomic E-state index is 0.0192. The molecule has 0 saturated carbocycles. The molecule has 0 bridgehead atoms. The number of methoxy groups -OCH3 is 1. The lowest BCUT2D eigenvalue weighted by molar-refractivity contribution is 0.00855. The van der Waals surface area contributed by atoms with Crippen LogP contribution in [0.3, 0.4) is 0 Å². The Balaban J connectivity index is 2.87. The van der Waals surface area contributed by atoms with Crippen molar-refractivity contribution >= 4 is 8.53 Å². The van der Waals surface area contributed by atoms with Crippen LogP contribution in [0.2, 0.25) is 0 Å². The van der Waals surface area contributed by atoms with Crippen molar-refractivity contribution in [2.45, 2.75) is 77.9 Å². The molecule has 1 aliphatic rings. The summed E-state index contributed by atoms with van der Waals surface area (Å²) in [5.74, 6) is 0. The molecule has 0 aromatic carbocycles. The summed E-state index contributed by atoms with van der Waals surface area (Å²) in [6.07, 6.45) is 1.03. The van der Waals surface area contributed by atoms with E-state index in [9.17, 15) is 0 Å². The average molecular weight is 346 g/mol. The maximum Gasteiger partial charge on any atom is 0.259 e. The van der Waals surface area contributed by atoms with Crippen LogP contribution in [0.25, 0.3) is 0 Å². The van der Waals surface area contributed by atoms with Crippen molar-refractivity contribution in [2.75, 3.05) is 20.3 Å². The largest absolute Gasteiger partial charge is 0.376 e. The molecule has 1 saturated heterocycles. The van der Waals surface area contributed by atoms with E-state index in [1.54, 1.807) is 7.11 Å². The van der Waals surface area contributed by atoms with Gasteiger partial charge in [-0.1, -0.05) is 6.92 Å². The van der Waals surface area contributed by atoms with Crippen LogP contribution < -0.4 is 0 Å². The third-order valence-corrected chi connectivity index (χ3v) is 5.91. The van der Waals surface area contributed by atoms with Gasteiger partial charge in [-0.3, -0.25) is 0 Å². The molecule has 1 aliphatic heterocycles. The molecule has 1 rings (SSSR count). The zero-order valence-corrected chi connectivity index (χ0v) is 16.1. The summed E-state index contributed by atoms with van der Waals surface area (Å²) in [6.45, 7) is 11.5. The molecule has 7 heteroatoms. The first kappa shape index (κ1) is 20.8. The Kier molecular flexibility index (Phi) is 9.53.